The summed E-state index contributed by atoms with van der Waals surface area (Å²) in [5, 5.41) is 10.6. The molecule has 5 heteroatoms. The van der Waals surface area contributed by atoms with Crippen molar-refractivity contribution in [3.63, 3.8) is 0 Å². The van der Waals surface area contributed by atoms with Gasteiger partial charge in [0, 0.05) is 11.8 Å². The molecule has 0 atom stereocenters. The highest BCUT2D eigenvalue weighted by atomic mass is 16.6. The van der Waals surface area contributed by atoms with E-state index in [-0.39, 0.29) is 17.4 Å². The summed E-state index contributed by atoms with van der Waals surface area (Å²) in [6.45, 7) is 3.75. The van der Waals surface area contributed by atoms with Crippen LogP contribution < -0.4 is 5.73 Å². The van der Waals surface area contributed by atoms with Crippen LogP contribution in [0.15, 0.2) is 12.3 Å². The molecule has 0 radical (unpaired) electrons. The van der Waals surface area contributed by atoms with Gasteiger partial charge in [-0.2, -0.15) is 0 Å². The number of nitrogens with two attached hydrogens (primary N) is 1. The zero-order valence-corrected chi connectivity index (χ0v) is 7.52. The highest BCUT2D eigenvalue weighted by molar-refractivity contribution is 5.57. The fourth-order valence-electron chi connectivity index (χ4n) is 1.15. The minimum Gasteiger partial charge on any atom is -0.378 e. The molecule has 0 fully saturated rings. The lowest BCUT2D eigenvalue weighted by Crippen LogP contribution is -2.03. The molecule has 0 aromatic carbocycles. The van der Waals surface area contributed by atoms with E-state index in [2.05, 4.69) is 4.98 Å². The molecule has 0 aliphatic rings. The molecule has 0 aliphatic carbocycles. The topological polar surface area (TPSA) is 82.0 Å². The summed E-state index contributed by atoms with van der Waals surface area (Å²) in [7, 11) is 0. The van der Waals surface area contributed by atoms with Crippen LogP contribution in [0.4, 0.5) is 11.5 Å². The maximum atomic E-state index is 10.6. The van der Waals surface area contributed by atoms with Crippen LogP contribution in [-0.2, 0) is 0 Å². The average molecular weight is 181 g/mol. The van der Waals surface area contributed by atoms with Crippen molar-refractivity contribution in [1.82, 2.24) is 4.98 Å². The fourth-order valence-corrected chi connectivity index (χ4v) is 1.15. The lowest BCUT2D eigenvalue weighted by atomic mass is 10.0. The molecule has 1 rings (SSSR count). The predicted octanol–water partition coefficient (Wildman–Crippen LogP) is 1.70. The van der Waals surface area contributed by atoms with Gasteiger partial charge in [0.1, 0.15) is 0 Å². The molecule has 13 heavy (non-hydrogen) atoms. The summed E-state index contributed by atoms with van der Waals surface area (Å²) in [4.78, 5) is 13.8. The quantitative estimate of drug-likeness (QED) is 0.556. The van der Waals surface area contributed by atoms with Gasteiger partial charge in [-0.1, -0.05) is 13.8 Å². The number of aromatic nitrogens is 1. The van der Waals surface area contributed by atoms with Gasteiger partial charge in [-0.3, -0.25) is 10.1 Å². The van der Waals surface area contributed by atoms with Gasteiger partial charge in [0.15, 0.2) is 0 Å². The minimum atomic E-state index is -0.488. The molecule has 0 bridgehead atoms. The van der Waals surface area contributed by atoms with Gasteiger partial charge in [-0.25, -0.2) is 4.98 Å². The van der Waals surface area contributed by atoms with Crippen LogP contribution in [0.2, 0.25) is 0 Å². The SMILES string of the molecule is CC(C)c1ccnc(N)c1[N+](=O)[O-]. The van der Waals surface area contributed by atoms with E-state index in [1.165, 1.54) is 6.20 Å². The molecule has 0 unspecified atom stereocenters. The molecule has 0 amide bonds. The Bertz CT molecular complexity index is 336. The maximum absolute atomic E-state index is 10.6. The number of hydrogen-bond acceptors (Lipinski definition) is 4. The number of rotatable bonds is 2. The first-order valence-corrected chi connectivity index (χ1v) is 3.92. The van der Waals surface area contributed by atoms with E-state index in [4.69, 9.17) is 5.73 Å². The molecular weight excluding hydrogens is 170 g/mol. The number of hydrogen-bond donors (Lipinski definition) is 1. The van der Waals surface area contributed by atoms with Gasteiger partial charge >= 0.3 is 5.69 Å². The van der Waals surface area contributed by atoms with Crippen LogP contribution in [0.5, 0.6) is 0 Å². The third-order valence-corrected chi connectivity index (χ3v) is 1.79. The first kappa shape index (κ1) is 9.44. The number of nitrogen functional groups attached to an aromatic ring is 1. The van der Waals surface area contributed by atoms with Gasteiger partial charge < -0.3 is 5.73 Å². The van der Waals surface area contributed by atoms with Crippen LogP contribution in [-0.4, -0.2) is 9.91 Å². The zero-order chi connectivity index (χ0) is 10.0. The average Bonchev–Trinajstić information content (AvgIpc) is 2.02. The number of anilines is 1. The predicted molar refractivity (Wildman–Crippen MR) is 49.4 cm³/mol. The summed E-state index contributed by atoms with van der Waals surface area (Å²) < 4.78 is 0. The van der Waals surface area contributed by atoms with Crippen LogP contribution in [0, 0.1) is 10.1 Å². The molecule has 0 saturated heterocycles. The lowest BCUT2D eigenvalue weighted by Gasteiger charge is -2.06. The number of nitrogens with zero attached hydrogens (tertiary/aromatic N) is 2. The largest absolute Gasteiger partial charge is 0.378 e. The summed E-state index contributed by atoms with van der Waals surface area (Å²) in [5.41, 5.74) is 5.96. The second-order valence-corrected chi connectivity index (χ2v) is 3.05. The minimum absolute atomic E-state index is 0.0174. The second kappa shape index (κ2) is 3.38. The highest BCUT2D eigenvalue weighted by Crippen LogP contribution is 2.29. The Morgan fingerprint density at radius 2 is 2.23 bits per heavy atom. The van der Waals surface area contributed by atoms with Crippen molar-refractivity contribution in [1.29, 1.82) is 0 Å². The first-order chi connectivity index (χ1) is 6.04. The van der Waals surface area contributed by atoms with Crippen LogP contribution >= 0.6 is 0 Å². The molecule has 2 N–H and O–H groups in total. The van der Waals surface area contributed by atoms with Crippen molar-refractivity contribution in [2.45, 2.75) is 19.8 Å². The Balaban J connectivity index is 3.34. The van der Waals surface area contributed by atoms with E-state index in [0.29, 0.717) is 5.56 Å². The van der Waals surface area contributed by atoms with Gasteiger partial charge in [-0.15, -0.1) is 0 Å². The van der Waals surface area contributed by atoms with Gasteiger partial charge in [0.05, 0.1) is 4.92 Å². The van der Waals surface area contributed by atoms with Crippen LogP contribution in [0.1, 0.15) is 25.3 Å². The summed E-state index contributed by atoms with van der Waals surface area (Å²) in [6.07, 6.45) is 1.48. The van der Waals surface area contributed by atoms with E-state index in [0.717, 1.165) is 0 Å². The van der Waals surface area contributed by atoms with E-state index in [1.807, 2.05) is 13.8 Å². The van der Waals surface area contributed by atoms with Crippen molar-refractivity contribution in [3.05, 3.63) is 27.9 Å². The van der Waals surface area contributed by atoms with E-state index >= 15 is 0 Å². The fraction of sp³-hybridized carbons (Fsp3) is 0.375. The monoisotopic (exact) mass is 181 g/mol. The highest BCUT2D eigenvalue weighted by Gasteiger charge is 2.20. The van der Waals surface area contributed by atoms with E-state index in [9.17, 15) is 10.1 Å². The number of pyridine rings is 1. The summed E-state index contributed by atoms with van der Waals surface area (Å²) in [6, 6.07) is 1.62. The van der Waals surface area contributed by atoms with Crippen LogP contribution in [0.25, 0.3) is 0 Å². The lowest BCUT2D eigenvalue weighted by molar-refractivity contribution is -0.385. The zero-order valence-electron chi connectivity index (χ0n) is 7.52. The maximum Gasteiger partial charge on any atom is 0.314 e. The molecule has 0 spiro atoms. The smallest absolute Gasteiger partial charge is 0.314 e. The second-order valence-electron chi connectivity index (χ2n) is 3.05. The third kappa shape index (κ3) is 1.74. The first-order valence-electron chi connectivity index (χ1n) is 3.92. The molecule has 0 aliphatic heterocycles. The summed E-state index contributed by atoms with van der Waals surface area (Å²) >= 11 is 0. The standard InChI is InChI=1S/C8H11N3O2/c1-5(2)6-3-4-10-8(9)7(6)11(12)13/h3-5H,1-2H3,(H2,9,10). The van der Waals surface area contributed by atoms with Crippen molar-refractivity contribution >= 4 is 11.5 Å². The van der Waals surface area contributed by atoms with Gasteiger partial charge in [0.25, 0.3) is 0 Å². The molecule has 1 aromatic heterocycles. The Morgan fingerprint density at radius 3 is 2.62 bits per heavy atom. The molecule has 1 aromatic rings. The van der Waals surface area contributed by atoms with Gasteiger partial charge in [0.2, 0.25) is 5.82 Å². The Morgan fingerprint density at radius 1 is 1.62 bits per heavy atom. The normalized spacial score (nSPS) is 10.4. The van der Waals surface area contributed by atoms with E-state index in [1.54, 1.807) is 6.07 Å². The van der Waals surface area contributed by atoms with Crippen LogP contribution in [0.3, 0.4) is 0 Å². The van der Waals surface area contributed by atoms with Crippen molar-refractivity contribution < 1.29 is 4.92 Å². The van der Waals surface area contributed by atoms with Gasteiger partial charge in [-0.05, 0) is 12.0 Å². The van der Waals surface area contributed by atoms with Crippen molar-refractivity contribution in [3.8, 4) is 0 Å². The van der Waals surface area contributed by atoms with E-state index < -0.39 is 4.92 Å². The molecule has 70 valence electrons. The van der Waals surface area contributed by atoms with Crippen molar-refractivity contribution in [2.75, 3.05) is 5.73 Å². The Hall–Kier alpha value is -1.65. The Labute approximate surface area is 75.7 Å². The summed E-state index contributed by atoms with van der Waals surface area (Å²) in [5.74, 6) is 0.0573. The molecular formula is C8H11N3O2. The number of nitro groups is 1. The van der Waals surface area contributed by atoms with Crippen molar-refractivity contribution in [2.24, 2.45) is 0 Å². The molecule has 5 nitrogen and oxygen atoms in total. The molecule has 0 saturated carbocycles. The third-order valence-electron chi connectivity index (χ3n) is 1.79. The Kier molecular flexibility index (Phi) is 2.46. The molecule has 1 heterocycles.